The first-order chi connectivity index (χ1) is 15.4. The number of ketones is 1. The van der Waals surface area contributed by atoms with E-state index in [1.165, 1.54) is 4.90 Å². The smallest absolute Gasteiger partial charge is 0.252 e. The number of likely N-dealkylation sites (tertiary alicyclic amines) is 1. The minimum absolute atomic E-state index is 0.00894. The number of rotatable bonds is 4. The van der Waals surface area contributed by atoms with Gasteiger partial charge in [0.05, 0.1) is 5.38 Å². The largest absolute Gasteiger partial charge is 0.366 e. The van der Waals surface area contributed by atoms with Crippen LogP contribution in [0.5, 0.6) is 0 Å². The fourth-order valence-corrected chi connectivity index (χ4v) is 5.51. The van der Waals surface area contributed by atoms with Gasteiger partial charge in [-0.15, -0.1) is 11.6 Å². The molecule has 1 aromatic heterocycles. The number of nitrogens with zero attached hydrogens (tertiary/aromatic N) is 3. The molecule has 0 unspecified atom stereocenters. The molecule has 1 aliphatic carbocycles. The van der Waals surface area contributed by atoms with Crippen LogP contribution in [0.15, 0.2) is 22.8 Å². The first-order valence-electron chi connectivity index (χ1n) is 11.0. The van der Waals surface area contributed by atoms with E-state index in [0.29, 0.717) is 22.5 Å². The van der Waals surface area contributed by atoms with Gasteiger partial charge in [-0.1, -0.05) is 19.8 Å². The molecule has 5 rings (SSSR count). The number of amides is 2. The minimum atomic E-state index is -0.739. The van der Waals surface area contributed by atoms with Crippen molar-refractivity contribution in [2.45, 2.75) is 56.2 Å². The molecule has 1 saturated carbocycles. The fourth-order valence-electron chi connectivity index (χ4n) is 5.15. The Kier molecular flexibility index (Phi) is 5.63. The Balaban J connectivity index is 1.40. The van der Waals surface area contributed by atoms with Gasteiger partial charge in [0.25, 0.3) is 5.91 Å². The summed E-state index contributed by atoms with van der Waals surface area (Å²) in [6, 6.07) is 3.45. The molecular weight excluding hydrogens is 436 g/mol. The zero-order valence-electron chi connectivity index (χ0n) is 17.7. The molecule has 4 atom stereocenters. The average molecular weight is 461 g/mol. The van der Waals surface area contributed by atoms with Crippen molar-refractivity contribution in [2.24, 2.45) is 11.8 Å². The first-order valence-corrected chi connectivity index (χ1v) is 11.5. The van der Waals surface area contributed by atoms with Gasteiger partial charge in [0, 0.05) is 12.1 Å². The molecule has 2 aliphatic heterocycles. The Morgan fingerprint density at radius 1 is 1.19 bits per heavy atom. The maximum absolute atomic E-state index is 13.7. The maximum Gasteiger partial charge on any atom is 0.252 e. The second-order valence-electron chi connectivity index (χ2n) is 9.13. The van der Waals surface area contributed by atoms with Crippen LogP contribution in [0, 0.1) is 11.8 Å². The number of carbonyl (C=O) groups excluding carboxylic acids is 3. The molecular formula is C22H25ClN4O5. The van der Waals surface area contributed by atoms with Crippen molar-refractivity contribution < 1.29 is 23.7 Å². The third-order valence-electron chi connectivity index (χ3n) is 7.01. The first kappa shape index (κ1) is 21.3. The third-order valence-corrected chi connectivity index (χ3v) is 7.39. The van der Waals surface area contributed by atoms with Gasteiger partial charge in [-0.25, -0.2) is 4.63 Å². The Morgan fingerprint density at radius 3 is 2.72 bits per heavy atom. The van der Waals surface area contributed by atoms with E-state index in [0.717, 1.165) is 25.7 Å². The standard InChI is InChI=1S/C22H25ClN4O5/c1-11-2-4-12(5-3-11)18(22(30)27-9-14(23)20-19(27)17(28)10-31-20)24-21(29)13-6-7-15-16(8-13)26-32-25-15/h6-8,11-12,14,18-20H,2-5,9-10H2,1H3,(H,24,29)/t11-,12-,14-,18-,19+,20+/m0/s1. The average Bonchev–Trinajstić information content (AvgIpc) is 3.49. The normalized spacial score (nSPS) is 31.0. The second kappa shape index (κ2) is 8.44. The van der Waals surface area contributed by atoms with Crippen molar-refractivity contribution >= 4 is 40.2 Å². The van der Waals surface area contributed by atoms with Gasteiger partial charge in [-0.2, -0.15) is 0 Å². The zero-order valence-corrected chi connectivity index (χ0v) is 18.5. The molecule has 9 nitrogen and oxygen atoms in total. The van der Waals surface area contributed by atoms with Gasteiger partial charge >= 0.3 is 0 Å². The van der Waals surface area contributed by atoms with E-state index in [1.807, 2.05) is 0 Å². The number of benzene rings is 1. The van der Waals surface area contributed by atoms with Gasteiger partial charge in [-0.05, 0) is 53.2 Å². The Labute approximate surface area is 189 Å². The molecule has 10 heteroatoms. The number of alkyl halides is 1. The van der Waals surface area contributed by atoms with Gasteiger partial charge in [-0.3, -0.25) is 14.4 Å². The molecule has 0 spiro atoms. The SMILES string of the molecule is C[C@H]1CC[C@H]([C@H](NC(=O)c2ccc3nonc3c2)C(=O)N2C[C@H](Cl)[C@H]3OCC(=O)[C@H]32)CC1. The lowest BCUT2D eigenvalue weighted by Crippen LogP contribution is -2.55. The molecule has 3 aliphatic rings. The van der Waals surface area contributed by atoms with Crippen molar-refractivity contribution in [1.82, 2.24) is 20.5 Å². The van der Waals surface area contributed by atoms with Crippen molar-refractivity contribution in [3.8, 4) is 0 Å². The van der Waals surface area contributed by atoms with Crippen LogP contribution in [-0.2, 0) is 14.3 Å². The molecule has 1 aromatic carbocycles. The maximum atomic E-state index is 13.7. The molecule has 2 saturated heterocycles. The number of nitrogens with one attached hydrogen (secondary N) is 1. The number of aromatic nitrogens is 2. The Morgan fingerprint density at radius 2 is 1.94 bits per heavy atom. The summed E-state index contributed by atoms with van der Waals surface area (Å²) in [6.45, 7) is 2.39. The molecule has 3 heterocycles. The van der Waals surface area contributed by atoms with E-state index >= 15 is 0 Å². The van der Waals surface area contributed by atoms with Gasteiger partial charge in [0.1, 0.15) is 35.8 Å². The van der Waals surface area contributed by atoms with Crippen LogP contribution >= 0.6 is 11.6 Å². The quantitative estimate of drug-likeness (QED) is 0.693. The molecule has 170 valence electrons. The van der Waals surface area contributed by atoms with Crippen LogP contribution in [0.3, 0.4) is 0 Å². The molecule has 2 aromatic rings. The number of hydrogen-bond donors (Lipinski definition) is 1. The second-order valence-corrected chi connectivity index (χ2v) is 9.69. The summed E-state index contributed by atoms with van der Waals surface area (Å²) in [5.74, 6) is -0.200. The topological polar surface area (TPSA) is 115 Å². The predicted molar refractivity (Wildman–Crippen MR) is 114 cm³/mol. The van der Waals surface area contributed by atoms with Crippen LogP contribution in [-0.4, -0.2) is 69.5 Å². The number of hydrogen-bond acceptors (Lipinski definition) is 7. The number of carbonyl (C=O) groups is 3. The lowest BCUT2D eigenvalue weighted by Gasteiger charge is -2.35. The number of halogens is 1. The highest BCUT2D eigenvalue weighted by Crippen LogP contribution is 2.35. The van der Waals surface area contributed by atoms with Gasteiger partial charge in [0.2, 0.25) is 5.91 Å². The molecule has 1 N–H and O–H groups in total. The summed E-state index contributed by atoms with van der Waals surface area (Å²) in [6.07, 6.45) is 3.17. The summed E-state index contributed by atoms with van der Waals surface area (Å²) < 4.78 is 10.2. The molecule has 0 radical (unpaired) electrons. The van der Waals surface area contributed by atoms with E-state index in [-0.39, 0.29) is 36.7 Å². The highest BCUT2D eigenvalue weighted by molar-refractivity contribution is 6.22. The highest BCUT2D eigenvalue weighted by atomic mass is 35.5. The number of Topliss-reactive ketones (excluding diaryl/α,β-unsaturated/α-hetero) is 1. The monoisotopic (exact) mass is 460 g/mol. The fraction of sp³-hybridized carbons (Fsp3) is 0.591. The summed E-state index contributed by atoms with van der Waals surface area (Å²) >= 11 is 6.39. The van der Waals surface area contributed by atoms with E-state index in [1.54, 1.807) is 18.2 Å². The zero-order chi connectivity index (χ0) is 22.4. The summed E-state index contributed by atoms with van der Waals surface area (Å²) in [7, 11) is 0. The molecule has 2 amide bonds. The number of ether oxygens (including phenoxy) is 1. The van der Waals surface area contributed by atoms with Crippen molar-refractivity contribution in [2.75, 3.05) is 13.2 Å². The van der Waals surface area contributed by atoms with Crippen LogP contribution in [0.4, 0.5) is 0 Å². The lowest BCUT2D eigenvalue weighted by molar-refractivity contribution is -0.139. The Hall–Kier alpha value is -2.52. The third kappa shape index (κ3) is 3.77. The van der Waals surface area contributed by atoms with E-state index in [2.05, 4.69) is 22.6 Å². The van der Waals surface area contributed by atoms with Crippen molar-refractivity contribution in [1.29, 1.82) is 0 Å². The van der Waals surface area contributed by atoms with Crippen LogP contribution < -0.4 is 5.32 Å². The number of fused-ring (bicyclic) bond motifs is 2. The highest BCUT2D eigenvalue weighted by Gasteiger charge is 2.53. The summed E-state index contributed by atoms with van der Waals surface area (Å²) in [5.41, 5.74) is 1.38. The van der Waals surface area contributed by atoms with Crippen LogP contribution in [0.2, 0.25) is 0 Å². The molecule has 0 bridgehead atoms. The summed E-state index contributed by atoms with van der Waals surface area (Å²) in [5, 5.41) is 10.0. The Bertz CT molecular complexity index is 1050. The molecule has 3 fully saturated rings. The van der Waals surface area contributed by atoms with Gasteiger partial charge < -0.3 is 15.0 Å². The molecule has 32 heavy (non-hydrogen) atoms. The van der Waals surface area contributed by atoms with Crippen molar-refractivity contribution in [3.63, 3.8) is 0 Å². The van der Waals surface area contributed by atoms with E-state index in [9.17, 15) is 14.4 Å². The predicted octanol–water partition coefficient (Wildman–Crippen LogP) is 1.93. The van der Waals surface area contributed by atoms with E-state index < -0.39 is 23.6 Å². The lowest BCUT2D eigenvalue weighted by atomic mass is 9.78. The van der Waals surface area contributed by atoms with Crippen LogP contribution in [0.25, 0.3) is 11.0 Å². The van der Waals surface area contributed by atoms with E-state index in [4.69, 9.17) is 21.0 Å². The van der Waals surface area contributed by atoms with Gasteiger partial charge in [0.15, 0.2) is 5.78 Å². The van der Waals surface area contributed by atoms with Crippen molar-refractivity contribution in [3.05, 3.63) is 23.8 Å². The van der Waals surface area contributed by atoms with Crippen LogP contribution in [0.1, 0.15) is 43.0 Å². The summed E-state index contributed by atoms with van der Waals surface area (Å²) in [4.78, 5) is 40.8. The minimum Gasteiger partial charge on any atom is -0.366 e.